The van der Waals surface area contributed by atoms with E-state index in [2.05, 4.69) is 31.0 Å². The van der Waals surface area contributed by atoms with Gasteiger partial charge < -0.3 is 9.64 Å². The van der Waals surface area contributed by atoms with Crippen LogP contribution in [0.4, 0.5) is 5.82 Å². The van der Waals surface area contributed by atoms with Crippen LogP contribution in [0.1, 0.15) is 29.9 Å². The zero-order valence-electron chi connectivity index (χ0n) is 14.8. The van der Waals surface area contributed by atoms with Crippen molar-refractivity contribution in [1.29, 1.82) is 0 Å². The number of aromatic nitrogens is 5. The largest absolute Gasteiger partial charge is 0.473 e. The van der Waals surface area contributed by atoms with E-state index in [9.17, 15) is 0 Å². The highest BCUT2D eigenvalue weighted by atomic mass is 16.5. The zero-order valence-corrected chi connectivity index (χ0v) is 14.8. The summed E-state index contributed by atoms with van der Waals surface area (Å²) in [6.07, 6.45) is 5.47. The van der Waals surface area contributed by atoms with Crippen LogP contribution in [0.2, 0.25) is 0 Å². The van der Waals surface area contributed by atoms with E-state index in [-0.39, 0.29) is 6.10 Å². The summed E-state index contributed by atoms with van der Waals surface area (Å²) >= 11 is 0. The SMILES string of the molecule is Cc1cncc(OC2CCN(c3cc(C)nc4cc(C)nn34)CC2)n1. The van der Waals surface area contributed by atoms with E-state index >= 15 is 0 Å². The molecule has 1 aliphatic rings. The Labute approximate surface area is 146 Å². The summed E-state index contributed by atoms with van der Waals surface area (Å²) < 4.78 is 7.94. The van der Waals surface area contributed by atoms with Gasteiger partial charge in [-0.25, -0.2) is 9.97 Å². The first kappa shape index (κ1) is 15.8. The van der Waals surface area contributed by atoms with E-state index in [1.54, 1.807) is 12.4 Å². The number of rotatable bonds is 3. The Morgan fingerprint density at radius 1 is 0.960 bits per heavy atom. The van der Waals surface area contributed by atoms with Gasteiger partial charge in [-0.15, -0.1) is 0 Å². The number of ether oxygens (including phenoxy) is 1. The highest BCUT2D eigenvalue weighted by Crippen LogP contribution is 2.24. The molecule has 1 saturated heterocycles. The van der Waals surface area contributed by atoms with E-state index in [0.717, 1.165) is 54.5 Å². The van der Waals surface area contributed by atoms with Crippen LogP contribution in [0.15, 0.2) is 24.5 Å². The van der Waals surface area contributed by atoms with Gasteiger partial charge in [0.25, 0.3) is 0 Å². The van der Waals surface area contributed by atoms with Gasteiger partial charge in [0, 0.05) is 50.0 Å². The molecule has 3 aromatic heterocycles. The first-order chi connectivity index (χ1) is 12.1. The van der Waals surface area contributed by atoms with Crippen LogP contribution < -0.4 is 9.64 Å². The highest BCUT2D eigenvalue weighted by Gasteiger charge is 2.23. The number of anilines is 1. The standard InChI is InChI=1S/C18H22N6O/c1-12-9-18(24-16(20-12)8-13(2)22-24)23-6-4-15(5-7-23)25-17-11-19-10-14(3)21-17/h8-11,15H,4-7H2,1-3H3. The topological polar surface area (TPSA) is 68.4 Å². The molecule has 130 valence electrons. The minimum atomic E-state index is 0.171. The van der Waals surface area contributed by atoms with E-state index in [1.807, 2.05) is 31.4 Å². The molecule has 0 bridgehead atoms. The maximum Gasteiger partial charge on any atom is 0.232 e. The number of hydrogen-bond acceptors (Lipinski definition) is 6. The summed E-state index contributed by atoms with van der Waals surface area (Å²) in [5, 5.41) is 4.59. The molecule has 0 saturated carbocycles. The van der Waals surface area contributed by atoms with Gasteiger partial charge in [0.05, 0.1) is 17.6 Å². The van der Waals surface area contributed by atoms with Gasteiger partial charge in [0.2, 0.25) is 5.88 Å². The van der Waals surface area contributed by atoms with Gasteiger partial charge in [-0.2, -0.15) is 9.61 Å². The zero-order chi connectivity index (χ0) is 17.4. The Morgan fingerprint density at radius 3 is 2.52 bits per heavy atom. The molecule has 7 heteroatoms. The van der Waals surface area contributed by atoms with Crippen molar-refractivity contribution in [2.45, 2.75) is 39.7 Å². The first-order valence-electron chi connectivity index (χ1n) is 8.63. The minimum Gasteiger partial charge on any atom is -0.473 e. The summed E-state index contributed by atoms with van der Waals surface area (Å²) in [5.74, 6) is 1.72. The predicted molar refractivity (Wildman–Crippen MR) is 95.1 cm³/mol. The van der Waals surface area contributed by atoms with Crippen LogP contribution in [0.5, 0.6) is 5.88 Å². The van der Waals surface area contributed by atoms with Crippen LogP contribution in [0.3, 0.4) is 0 Å². The second kappa shape index (κ2) is 6.31. The second-order valence-electron chi connectivity index (χ2n) is 6.61. The average Bonchev–Trinajstić information content (AvgIpc) is 2.95. The van der Waals surface area contributed by atoms with Crippen molar-refractivity contribution in [3.8, 4) is 5.88 Å². The van der Waals surface area contributed by atoms with Crippen LogP contribution >= 0.6 is 0 Å². The minimum absolute atomic E-state index is 0.171. The molecule has 1 aliphatic heterocycles. The van der Waals surface area contributed by atoms with Crippen LogP contribution in [-0.4, -0.2) is 43.8 Å². The molecule has 4 rings (SSSR count). The number of aryl methyl sites for hydroxylation is 3. The molecule has 0 amide bonds. The van der Waals surface area contributed by atoms with Crippen molar-refractivity contribution in [2.75, 3.05) is 18.0 Å². The van der Waals surface area contributed by atoms with E-state index in [0.29, 0.717) is 5.88 Å². The normalized spacial score (nSPS) is 15.7. The van der Waals surface area contributed by atoms with Gasteiger partial charge in [0.1, 0.15) is 11.9 Å². The fraction of sp³-hybridized carbons (Fsp3) is 0.444. The van der Waals surface area contributed by atoms with Crippen molar-refractivity contribution in [2.24, 2.45) is 0 Å². The summed E-state index contributed by atoms with van der Waals surface area (Å²) in [5.41, 5.74) is 3.77. The molecular formula is C18H22N6O. The Balaban J connectivity index is 1.49. The lowest BCUT2D eigenvalue weighted by molar-refractivity contribution is 0.162. The quantitative estimate of drug-likeness (QED) is 0.731. The number of hydrogen-bond donors (Lipinski definition) is 0. The Bertz CT molecular complexity index is 898. The van der Waals surface area contributed by atoms with Crippen molar-refractivity contribution < 1.29 is 4.74 Å². The molecule has 0 spiro atoms. The molecule has 0 N–H and O–H groups in total. The van der Waals surface area contributed by atoms with Gasteiger partial charge in [-0.3, -0.25) is 4.98 Å². The average molecular weight is 338 g/mol. The molecule has 0 unspecified atom stereocenters. The maximum absolute atomic E-state index is 6.00. The van der Waals surface area contributed by atoms with Crippen LogP contribution in [-0.2, 0) is 0 Å². The van der Waals surface area contributed by atoms with Gasteiger partial charge in [0.15, 0.2) is 5.65 Å². The maximum atomic E-state index is 6.00. The highest BCUT2D eigenvalue weighted by molar-refractivity contribution is 5.52. The van der Waals surface area contributed by atoms with Crippen molar-refractivity contribution >= 4 is 11.5 Å². The second-order valence-corrected chi connectivity index (χ2v) is 6.61. The predicted octanol–water partition coefficient (Wildman–Crippen LogP) is 2.49. The van der Waals surface area contributed by atoms with Crippen molar-refractivity contribution in [1.82, 2.24) is 24.6 Å². The first-order valence-corrected chi connectivity index (χ1v) is 8.63. The van der Waals surface area contributed by atoms with Gasteiger partial charge in [-0.1, -0.05) is 0 Å². The van der Waals surface area contributed by atoms with Crippen molar-refractivity contribution in [3.05, 3.63) is 41.6 Å². The lowest BCUT2D eigenvalue weighted by Crippen LogP contribution is -2.39. The molecule has 7 nitrogen and oxygen atoms in total. The molecule has 0 atom stereocenters. The van der Waals surface area contributed by atoms with E-state index in [4.69, 9.17) is 4.74 Å². The molecular weight excluding hydrogens is 316 g/mol. The summed E-state index contributed by atoms with van der Waals surface area (Å²) in [6, 6.07) is 4.12. The van der Waals surface area contributed by atoms with Crippen LogP contribution in [0, 0.1) is 20.8 Å². The molecule has 25 heavy (non-hydrogen) atoms. The van der Waals surface area contributed by atoms with Gasteiger partial charge >= 0.3 is 0 Å². The smallest absolute Gasteiger partial charge is 0.232 e. The summed E-state index contributed by atoms with van der Waals surface area (Å²) in [7, 11) is 0. The lowest BCUT2D eigenvalue weighted by atomic mass is 10.1. The molecule has 0 radical (unpaired) electrons. The molecule has 1 fully saturated rings. The van der Waals surface area contributed by atoms with Gasteiger partial charge in [-0.05, 0) is 20.8 Å². The Kier molecular flexibility index (Phi) is 3.99. The summed E-state index contributed by atoms with van der Waals surface area (Å²) in [4.78, 5) is 15.4. The lowest BCUT2D eigenvalue weighted by Gasteiger charge is -2.33. The Morgan fingerprint density at radius 2 is 1.76 bits per heavy atom. The molecule has 3 aromatic rings. The third kappa shape index (κ3) is 3.26. The third-order valence-corrected chi connectivity index (χ3v) is 4.44. The number of piperidine rings is 1. The molecule has 0 aromatic carbocycles. The fourth-order valence-electron chi connectivity index (χ4n) is 3.29. The molecule has 0 aliphatic carbocycles. The van der Waals surface area contributed by atoms with Crippen molar-refractivity contribution in [3.63, 3.8) is 0 Å². The molecule has 4 heterocycles. The fourth-order valence-corrected chi connectivity index (χ4v) is 3.29. The number of nitrogens with zero attached hydrogens (tertiary/aromatic N) is 6. The third-order valence-electron chi connectivity index (χ3n) is 4.44. The van der Waals surface area contributed by atoms with E-state index < -0.39 is 0 Å². The monoisotopic (exact) mass is 338 g/mol. The summed E-state index contributed by atoms with van der Waals surface area (Å²) in [6.45, 7) is 7.78. The number of fused-ring (bicyclic) bond motifs is 1. The van der Waals surface area contributed by atoms with E-state index in [1.165, 1.54) is 0 Å². The van der Waals surface area contributed by atoms with Crippen LogP contribution in [0.25, 0.3) is 5.65 Å². The Hall–Kier alpha value is -2.70.